The van der Waals surface area contributed by atoms with E-state index in [4.69, 9.17) is 9.72 Å². The Hall–Kier alpha value is -3.07. The van der Waals surface area contributed by atoms with Crippen LogP contribution in [0.4, 0.5) is 10.9 Å². The molecule has 1 saturated carbocycles. The van der Waals surface area contributed by atoms with Crippen molar-refractivity contribution in [1.29, 1.82) is 0 Å². The van der Waals surface area contributed by atoms with Gasteiger partial charge in [-0.1, -0.05) is 24.2 Å². The van der Waals surface area contributed by atoms with Gasteiger partial charge < -0.3 is 10.1 Å². The standard InChI is InChI=1S/C21H23N7OS/c1-3-29-19-15(14-10-23-28(2)12-14)11-22-16-8-9-17(24-18(16)19)25-21-27-26-20(30-21)13-6-4-5-7-13/h8-13H,3-7H2,1-2H3,(H,24,25,27). The largest absolute Gasteiger partial charge is 0.491 e. The number of ether oxygens (including phenoxy) is 1. The molecular weight excluding hydrogens is 398 g/mol. The summed E-state index contributed by atoms with van der Waals surface area (Å²) >= 11 is 1.62. The smallest absolute Gasteiger partial charge is 0.211 e. The van der Waals surface area contributed by atoms with Crippen LogP contribution < -0.4 is 10.1 Å². The Labute approximate surface area is 178 Å². The summed E-state index contributed by atoms with van der Waals surface area (Å²) in [6.07, 6.45) is 10.6. The third-order valence-electron chi connectivity index (χ3n) is 5.35. The van der Waals surface area contributed by atoms with Crippen LogP contribution in [0.3, 0.4) is 0 Å². The van der Waals surface area contributed by atoms with Crippen molar-refractivity contribution in [2.24, 2.45) is 7.05 Å². The molecule has 1 aliphatic rings. The summed E-state index contributed by atoms with van der Waals surface area (Å²) in [7, 11) is 1.89. The Kier molecular flexibility index (Phi) is 5.04. The zero-order chi connectivity index (χ0) is 20.5. The zero-order valence-electron chi connectivity index (χ0n) is 17.0. The Bertz CT molecular complexity index is 1180. The van der Waals surface area contributed by atoms with E-state index in [0.29, 0.717) is 29.6 Å². The van der Waals surface area contributed by atoms with E-state index in [1.54, 1.807) is 22.2 Å². The third-order valence-corrected chi connectivity index (χ3v) is 6.35. The fourth-order valence-corrected chi connectivity index (χ4v) is 4.82. The fraction of sp³-hybridized carbons (Fsp3) is 0.381. The van der Waals surface area contributed by atoms with Crippen LogP contribution in [0.2, 0.25) is 0 Å². The lowest BCUT2D eigenvalue weighted by molar-refractivity contribution is 0.345. The van der Waals surface area contributed by atoms with E-state index < -0.39 is 0 Å². The second-order valence-corrected chi connectivity index (χ2v) is 8.46. The van der Waals surface area contributed by atoms with E-state index in [0.717, 1.165) is 26.8 Å². The van der Waals surface area contributed by atoms with Crippen molar-refractivity contribution < 1.29 is 4.74 Å². The molecule has 0 radical (unpaired) electrons. The van der Waals surface area contributed by atoms with Gasteiger partial charge in [0.15, 0.2) is 5.75 Å². The van der Waals surface area contributed by atoms with Gasteiger partial charge in [-0.15, -0.1) is 10.2 Å². The molecule has 0 amide bonds. The SMILES string of the molecule is CCOc1c(-c2cnn(C)c2)cnc2ccc(Nc3nnc(C4CCCC4)s3)nc12. The number of anilines is 2. The van der Waals surface area contributed by atoms with Crippen LogP contribution in [0.5, 0.6) is 5.75 Å². The minimum Gasteiger partial charge on any atom is -0.491 e. The number of pyridine rings is 2. The van der Waals surface area contributed by atoms with Crippen molar-refractivity contribution >= 4 is 33.3 Å². The molecule has 0 atom stereocenters. The molecule has 5 rings (SSSR count). The summed E-state index contributed by atoms with van der Waals surface area (Å²) in [5, 5.41) is 18.2. The zero-order valence-corrected chi connectivity index (χ0v) is 17.8. The Morgan fingerprint density at radius 1 is 1.20 bits per heavy atom. The van der Waals surface area contributed by atoms with Crippen molar-refractivity contribution in [2.75, 3.05) is 11.9 Å². The van der Waals surface area contributed by atoms with E-state index in [1.807, 2.05) is 38.5 Å². The predicted octanol–water partition coefficient (Wildman–Crippen LogP) is 4.68. The highest BCUT2D eigenvalue weighted by Crippen LogP contribution is 2.38. The molecule has 0 aliphatic heterocycles. The molecule has 4 aromatic rings. The highest BCUT2D eigenvalue weighted by Gasteiger charge is 2.21. The lowest BCUT2D eigenvalue weighted by Crippen LogP contribution is -2.00. The molecule has 4 aromatic heterocycles. The normalized spacial score (nSPS) is 14.5. The summed E-state index contributed by atoms with van der Waals surface area (Å²) in [6, 6.07) is 3.85. The van der Waals surface area contributed by atoms with Gasteiger partial charge in [-0.25, -0.2) is 4.98 Å². The Morgan fingerprint density at radius 2 is 2.07 bits per heavy atom. The maximum Gasteiger partial charge on any atom is 0.211 e. The molecule has 4 heterocycles. The number of hydrogen-bond donors (Lipinski definition) is 1. The molecule has 1 aliphatic carbocycles. The molecule has 154 valence electrons. The quantitative estimate of drug-likeness (QED) is 0.483. The van der Waals surface area contributed by atoms with Crippen LogP contribution in [-0.4, -0.2) is 36.6 Å². The number of hydrogen-bond acceptors (Lipinski definition) is 8. The van der Waals surface area contributed by atoms with E-state index >= 15 is 0 Å². The van der Waals surface area contributed by atoms with Gasteiger partial charge in [0, 0.05) is 36.5 Å². The maximum atomic E-state index is 6.00. The first-order valence-electron chi connectivity index (χ1n) is 10.2. The highest BCUT2D eigenvalue weighted by atomic mass is 32.1. The summed E-state index contributed by atoms with van der Waals surface area (Å²) in [6.45, 7) is 2.50. The second-order valence-electron chi connectivity index (χ2n) is 7.45. The van der Waals surface area contributed by atoms with Gasteiger partial charge in [-0.2, -0.15) is 5.10 Å². The number of nitrogens with zero attached hydrogens (tertiary/aromatic N) is 6. The van der Waals surface area contributed by atoms with Crippen molar-refractivity contribution in [3.8, 4) is 16.9 Å². The maximum absolute atomic E-state index is 6.00. The van der Waals surface area contributed by atoms with Crippen molar-refractivity contribution in [2.45, 2.75) is 38.5 Å². The van der Waals surface area contributed by atoms with Crippen molar-refractivity contribution in [1.82, 2.24) is 29.9 Å². The summed E-state index contributed by atoms with van der Waals surface area (Å²) < 4.78 is 7.76. The third kappa shape index (κ3) is 3.60. The first kappa shape index (κ1) is 18.9. The molecule has 1 N–H and O–H groups in total. The molecular formula is C21H23N7OS. The van der Waals surface area contributed by atoms with E-state index in [1.165, 1.54) is 25.7 Å². The van der Waals surface area contributed by atoms with Crippen LogP contribution in [0.25, 0.3) is 22.2 Å². The van der Waals surface area contributed by atoms with Crippen LogP contribution in [0.15, 0.2) is 30.7 Å². The Balaban J connectivity index is 1.50. The average molecular weight is 422 g/mol. The van der Waals surface area contributed by atoms with Crippen LogP contribution in [-0.2, 0) is 7.05 Å². The van der Waals surface area contributed by atoms with Gasteiger partial charge in [0.2, 0.25) is 5.13 Å². The highest BCUT2D eigenvalue weighted by molar-refractivity contribution is 7.15. The van der Waals surface area contributed by atoms with E-state index in [2.05, 4.69) is 25.6 Å². The molecule has 30 heavy (non-hydrogen) atoms. The molecule has 0 saturated heterocycles. The van der Waals surface area contributed by atoms with Crippen LogP contribution in [0.1, 0.15) is 43.5 Å². The number of aryl methyl sites for hydroxylation is 1. The predicted molar refractivity (Wildman–Crippen MR) is 117 cm³/mol. The van der Waals surface area contributed by atoms with Gasteiger partial charge in [0.05, 0.1) is 18.3 Å². The van der Waals surface area contributed by atoms with Gasteiger partial charge in [-0.3, -0.25) is 9.67 Å². The minimum absolute atomic E-state index is 0.535. The second kappa shape index (κ2) is 7.98. The summed E-state index contributed by atoms with van der Waals surface area (Å²) in [5.74, 6) is 1.96. The molecule has 0 spiro atoms. The number of rotatable bonds is 6. The van der Waals surface area contributed by atoms with Gasteiger partial charge in [0.1, 0.15) is 16.3 Å². The summed E-state index contributed by atoms with van der Waals surface area (Å²) in [4.78, 5) is 9.38. The van der Waals surface area contributed by atoms with Gasteiger partial charge in [-0.05, 0) is 31.9 Å². The van der Waals surface area contributed by atoms with Gasteiger partial charge in [0.25, 0.3) is 0 Å². The van der Waals surface area contributed by atoms with Crippen molar-refractivity contribution in [3.63, 3.8) is 0 Å². The first-order chi connectivity index (χ1) is 14.7. The number of aromatic nitrogens is 6. The molecule has 8 nitrogen and oxygen atoms in total. The lowest BCUT2D eigenvalue weighted by atomic mass is 10.1. The lowest BCUT2D eigenvalue weighted by Gasteiger charge is -2.12. The average Bonchev–Trinajstić information content (AvgIpc) is 3.50. The van der Waals surface area contributed by atoms with E-state index in [9.17, 15) is 0 Å². The first-order valence-corrected chi connectivity index (χ1v) is 11.0. The summed E-state index contributed by atoms with van der Waals surface area (Å²) in [5.41, 5.74) is 3.31. The topological polar surface area (TPSA) is 90.6 Å². The number of nitrogens with one attached hydrogen (secondary N) is 1. The van der Waals surface area contributed by atoms with Crippen LogP contribution >= 0.6 is 11.3 Å². The minimum atomic E-state index is 0.535. The van der Waals surface area contributed by atoms with Gasteiger partial charge >= 0.3 is 0 Å². The molecule has 0 aromatic carbocycles. The molecule has 9 heteroatoms. The molecule has 1 fully saturated rings. The molecule has 0 unspecified atom stereocenters. The Morgan fingerprint density at radius 3 is 2.83 bits per heavy atom. The fourth-order valence-electron chi connectivity index (χ4n) is 3.90. The monoisotopic (exact) mass is 421 g/mol. The molecule has 0 bridgehead atoms. The van der Waals surface area contributed by atoms with Crippen molar-refractivity contribution in [3.05, 3.63) is 35.7 Å². The van der Waals surface area contributed by atoms with E-state index in [-0.39, 0.29) is 0 Å². The van der Waals surface area contributed by atoms with Crippen LogP contribution in [0, 0.1) is 0 Å². The number of fused-ring (bicyclic) bond motifs is 1.